The minimum atomic E-state index is -0.342. The summed E-state index contributed by atoms with van der Waals surface area (Å²) in [7, 11) is 1.62. The zero-order valence-electron chi connectivity index (χ0n) is 13.6. The molecule has 5 nitrogen and oxygen atoms in total. The molecule has 0 aliphatic heterocycles. The van der Waals surface area contributed by atoms with Gasteiger partial charge in [-0.3, -0.25) is 4.98 Å². The molecule has 2 aromatic rings. The van der Waals surface area contributed by atoms with Gasteiger partial charge in [-0.05, 0) is 25.8 Å². The van der Waals surface area contributed by atoms with Crippen molar-refractivity contribution in [3.63, 3.8) is 0 Å². The molecule has 0 radical (unpaired) electrons. The lowest BCUT2D eigenvalue weighted by atomic mass is 10.1. The van der Waals surface area contributed by atoms with Crippen LogP contribution in [-0.4, -0.2) is 30.7 Å². The highest BCUT2D eigenvalue weighted by atomic mass is 16.5. The Morgan fingerprint density at radius 2 is 2.13 bits per heavy atom. The molecule has 122 valence electrons. The predicted molar refractivity (Wildman–Crippen MR) is 90.1 cm³/mol. The molecule has 0 saturated heterocycles. The Morgan fingerprint density at radius 3 is 2.83 bits per heavy atom. The summed E-state index contributed by atoms with van der Waals surface area (Å²) in [5, 5.41) is 4.44. The molecule has 1 saturated carbocycles. The maximum atomic E-state index is 12.3. The molecule has 23 heavy (non-hydrogen) atoms. The summed E-state index contributed by atoms with van der Waals surface area (Å²) < 4.78 is 10.6. The van der Waals surface area contributed by atoms with Crippen molar-refractivity contribution in [1.82, 2.24) is 4.98 Å². The van der Waals surface area contributed by atoms with Crippen molar-refractivity contribution in [3.8, 4) is 5.75 Å². The van der Waals surface area contributed by atoms with Gasteiger partial charge in [0.2, 0.25) is 0 Å². The summed E-state index contributed by atoms with van der Waals surface area (Å²) >= 11 is 0. The minimum Gasteiger partial charge on any atom is -0.494 e. The van der Waals surface area contributed by atoms with E-state index in [1.54, 1.807) is 20.2 Å². The van der Waals surface area contributed by atoms with Gasteiger partial charge in [0, 0.05) is 17.6 Å². The number of nitrogens with zero attached hydrogens (tertiary/aromatic N) is 1. The van der Waals surface area contributed by atoms with E-state index in [4.69, 9.17) is 9.47 Å². The Labute approximate surface area is 136 Å². The molecule has 0 spiro atoms. The number of carbonyl (C=O) groups is 1. The van der Waals surface area contributed by atoms with Crippen LogP contribution in [0, 0.1) is 0 Å². The summed E-state index contributed by atoms with van der Waals surface area (Å²) in [6.45, 7) is 2.15. The van der Waals surface area contributed by atoms with Crippen LogP contribution < -0.4 is 10.1 Å². The van der Waals surface area contributed by atoms with Crippen LogP contribution in [0.2, 0.25) is 0 Å². The van der Waals surface area contributed by atoms with Gasteiger partial charge in [-0.15, -0.1) is 0 Å². The van der Waals surface area contributed by atoms with Gasteiger partial charge >= 0.3 is 5.97 Å². The smallest absolute Gasteiger partial charge is 0.341 e. The predicted octanol–water partition coefficient (Wildman–Crippen LogP) is 3.77. The number of rotatable bonds is 5. The number of fused-ring (bicyclic) bond motifs is 1. The van der Waals surface area contributed by atoms with E-state index in [2.05, 4.69) is 10.3 Å². The lowest BCUT2D eigenvalue weighted by Gasteiger charge is -2.19. The topological polar surface area (TPSA) is 60.5 Å². The van der Waals surface area contributed by atoms with E-state index in [1.165, 1.54) is 12.8 Å². The maximum absolute atomic E-state index is 12.3. The van der Waals surface area contributed by atoms with Crippen molar-refractivity contribution in [2.24, 2.45) is 0 Å². The monoisotopic (exact) mass is 314 g/mol. The first-order valence-electron chi connectivity index (χ1n) is 8.14. The number of hydrogen-bond acceptors (Lipinski definition) is 5. The summed E-state index contributed by atoms with van der Waals surface area (Å²) in [6.07, 6.45) is 6.27. The SMILES string of the molecule is CCOC(=O)c1cnc2c(OC)cccc2c1NC1CCCC1. The van der Waals surface area contributed by atoms with Crippen molar-refractivity contribution in [3.05, 3.63) is 30.0 Å². The summed E-state index contributed by atoms with van der Waals surface area (Å²) in [5.74, 6) is 0.359. The first kappa shape index (κ1) is 15.6. The van der Waals surface area contributed by atoms with Crippen LogP contribution in [0.3, 0.4) is 0 Å². The van der Waals surface area contributed by atoms with Crippen LogP contribution >= 0.6 is 0 Å². The van der Waals surface area contributed by atoms with E-state index in [0.717, 1.165) is 29.4 Å². The molecule has 1 heterocycles. The zero-order valence-corrected chi connectivity index (χ0v) is 13.6. The van der Waals surface area contributed by atoms with Gasteiger partial charge in [-0.25, -0.2) is 4.79 Å². The quantitative estimate of drug-likeness (QED) is 0.851. The molecular formula is C18H22N2O3. The fourth-order valence-electron chi connectivity index (χ4n) is 3.15. The zero-order chi connectivity index (χ0) is 16.2. The van der Waals surface area contributed by atoms with Gasteiger partial charge in [0.15, 0.2) is 0 Å². The van der Waals surface area contributed by atoms with Crippen molar-refractivity contribution in [2.45, 2.75) is 38.6 Å². The number of pyridine rings is 1. The lowest BCUT2D eigenvalue weighted by molar-refractivity contribution is 0.0527. The van der Waals surface area contributed by atoms with Gasteiger partial charge in [0.25, 0.3) is 0 Å². The molecule has 5 heteroatoms. The second kappa shape index (κ2) is 6.86. The summed E-state index contributed by atoms with van der Waals surface area (Å²) in [6, 6.07) is 6.14. The molecule has 1 aromatic heterocycles. The fourth-order valence-corrected chi connectivity index (χ4v) is 3.15. The van der Waals surface area contributed by atoms with Crippen LogP contribution in [0.25, 0.3) is 10.9 Å². The largest absolute Gasteiger partial charge is 0.494 e. The van der Waals surface area contributed by atoms with Gasteiger partial charge in [0.05, 0.1) is 19.4 Å². The van der Waals surface area contributed by atoms with E-state index in [0.29, 0.717) is 24.0 Å². The molecule has 0 atom stereocenters. The van der Waals surface area contributed by atoms with E-state index < -0.39 is 0 Å². The van der Waals surface area contributed by atoms with Gasteiger partial charge in [-0.2, -0.15) is 0 Å². The van der Waals surface area contributed by atoms with Crippen molar-refractivity contribution < 1.29 is 14.3 Å². The highest BCUT2D eigenvalue weighted by Gasteiger charge is 2.22. The lowest BCUT2D eigenvalue weighted by Crippen LogP contribution is -2.18. The van der Waals surface area contributed by atoms with Crippen LogP contribution in [0.1, 0.15) is 43.0 Å². The van der Waals surface area contributed by atoms with E-state index in [-0.39, 0.29) is 5.97 Å². The average molecular weight is 314 g/mol. The molecule has 1 N–H and O–H groups in total. The Kier molecular flexibility index (Phi) is 4.65. The number of ether oxygens (including phenoxy) is 2. The Bertz CT molecular complexity index is 709. The Morgan fingerprint density at radius 1 is 1.35 bits per heavy atom. The number of carbonyl (C=O) groups excluding carboxylic acids is 1. The van der Waals surface area contributed by atoms with E-state index >= 15 is 0 Å². The Balaban J connectivity index is 2.11. The molecule has 1 aliphatic rings. The van der Waals surface area contributed by atoms with E-state index in [1.807, 2.05) is 18.2 Å². The second-order valence-electron chi connectivity index (χ2n) is 5.75. The number of benzene rings is 1. The number of esters is 1. The molecule has 0 bridgehead atoms. The maximum Gasteiger partial charge on any atom is 0.341 e. The molecule has 3 rings (SSSR count). The normalized spacial score (nSPS) is 14.9. The molecule has 1 aliphatic carbocycles. The highest BCUT2D eigenvalue weighted by molar-refractivity contribution is 6.06. The summed E-state index contributed by atoms with van der Waals surface area (Å²) in [4.78, 5) is 16.7. The van der Waals surface area contributed by atoms with Gasteiger partial charge < -0.3 is 14.8 Å². The third-order valence-corrected chi connectivity index (χ3v) is 4.28. The van der Waals surface area contributed by atoms with Gasteiger partial charge in [-0.1, -0.05) is 25.0 Å². The number of para-hydroxylation sites is 1. The van der Waals surface area contributed by atoms with Crippen molar-refractivity contribution in [1.29, 1.82) is 0 Å². The fraction of sp³-hybridized carbons (Fsp3) is 0.444. The number of anilines is 1. The van der Waals surface area contributed by atoms with Crippen LogP contribution in [0.15, 0.2) is 24.4 Å². The van der Waals surface area contributed by atoms with Gasteiger partial charge in [0.1, 0.15) is 16.8 Å². The second-order valence-corrected chi connectivity index (χ2v) is 5.75. The molecular weight excluding hydrogens is 292 g/mol. The standard InChI is InChI=1S/C18H22N2O3/c1-3-23-18(21)14-11-19-17-13(9-6-10-15(17)22-2)16(14)20-12-7-4-5-8-12/h6,9-12H,3-5,7-8H2,1-2H3,(H,19,20). The Hall–Kier alpha value is -2.30. The van der Waals surface area contributed by atoms with Crippen molar-refractivity contribution in [2.75, 3.05) is 19.0 Å². The number of nitrogens with one attached hydrogen (secondary N) is 1. The first-order chi connectivity index (χ1) is 11.2. The van der Waals surface area contributed by atoms with Crippen LogP contribution in [0.5, 0.6) is 5.75 Å². The number of methoxy groups -OCH3 is 1. The molecule has 0 unspecified atom stereocenters. The van der Waals surface area contributed by atoms with Crippen molar-refractivity contribution >= 4 is 22.6 Å². The first-order valence-corrected chi connectivity index (χ1v) is 8.14. The molecule has 1 fully saturated rings. The molecule has 0 amide bonds. The number of hydrogen-bond donors (Lipinski definition) is 1. The summed E-state index contributed by atoms with van der Waals surface area (Å²) in [5.41, 5.74) is 2.04. The molecule has 1 aromatic carbocycles. The number of aromatic nitrogens is 1. The third kappa shape index (κ3) is 3.09. The van der Waals surface area contributed by atoms with Crippen LogP contribution in [0.4, 0.5) is 5.69 Å². The average Bonchev–Trinajstić information content (AvgIpc) is 3.07. The third-order valence-electron chi connectivity index (χ3n) is 4.28. The van der Waals surface area contributed by atoms with Crippen LogP contribution in [-0.2, 0) is 4.74 Å². The minimum absolute atomic E-state index is 0.342. The highest BCUT2D eigenvalue weighted by Crippen LogP contribution is 2.34. The van der Waals surface area contributed by atoms with E-state index in [9.17, 15) is 4.79 Å².